The summed E-state index contributed by atoms with van der Waals surface area (Å²) >= 11 is 0. The minimum absolute atomic E-state index is 0.00984. The molecule has 2 aliphatic heterocycles. The molecule has 286 valence electrons. The second kappa shape index (κ2) is 16.5. The van der Waals surface area contributed by atoms with Crippen molar-refractivity contribution in [1.29, 1.82) is 0 Å². The fourth-order valence-electron chi connectivity index (χ4n) is 5.31. The lowest BCUT2D eigenvalue weighted by atomic mass is 10.0. The van der Waals surface area contributed by atoms with E-state index in [4.69, 9.17) is 35.3 Å². The van der Waals surface area contributed by atoms with E-state index in [1.807, 2.05) is 0 Å². The standard InChI is InChI=1S/C26H37N8O15P3/c1-14-9-21(47-20(14)13-45-51(41,42)49-52(43,44)48-50(38,39)40)33-12-17(22-23(27)31-25(28)32-24(22)33)5-4-8-30-26(35)46-15(2)18-10-16(11-29-3)6-7-19(18)34(36)37/h6-7,10,12,14-15,20-21,23,29H,8-9,11,13,27H2,1-3H3,(H,30,35)(H,41,42)(H,43,44)(H3,28,31,32)(H2,38,39,40)/t14?,15?,20-,21-,23?/m1/s1. The fraction of sp³-hybridized carbons (Fsp3) is 0.462. The van der Waals surface area contributed by atoms with Crippen molar-refractivity contribution in [2.24, 2.45) is 22.4 Å². The molecule has 0 radical (unpaired) electrons. The van der Waals surface area contributed by atoms with Gasteiger partial charge in [-0.05, 0) is 37.9 Å². The Morgan fingerprint density at radius 2 is 1.96 bits per heavy atom. The third kappa shape index (κ3) is 10.9. The molecule has 1 fully saturated rings. The lowest BCUT2D eigenvalue weighted by Gasteiger charge is -2.23. The van der Waals surface area contributed by atoms with E-state index in [0.29, 0.717) is 29.9 Å². The van der Waals surface area contributed by atoms with Crippen LogP contribution in [0.15, 0.2) is 29.4 Å². The zero-order valence-corrected chi connectivity index (χ0v) is 30.3. The summed E-state index contributed by atoms with van der Waals surface area (Å²) in [6.45, 7) is 2.83. The van der Waals surface area contributed by atoms with Crippen LogP contribution in [0.4, 0.5) is 16.3 Å². The van der Waals surface area contributed by atoms with Gasteiger partial charge in [0.2, 0.25) is 0 Å². The quantitative estimate of drug-likeness (QED) is 0.0570. The Labute approximate surface area is 295 Å². The molecule has 7 atom stereocenters. The number of aromatic nitrogens is 1. The number of hydrogen-bond acceptors (Lipinski definition) is 16. The van der Waals surface area contributed by atoms with Gasteiger partial charge in [0, 0.05) is 24.4 Å². The molecule has 3 heterocycles. The van der Waals surface area contributed by atoms with E-state index in [0.717, 1.165) is 5.56 Å². The SMILES string of the molecule is CNCc1ccc([N+](=O)[O-])c(C(C)OC(=O)NCC#Cc2cn([C@H]3CC(C)[C@@H](COP(=O)(O)OP(=O)(O)OP(=O)(O)O)O3)c3c2C(N)N=C(N)N3)c1. The number of fused-ring (bicyclic) bond motifs is 1. The number of phosphoric acid groups is 3. The van der Waals surface area contributed by atoms with Gasteiger partial charge in [-0.3, -0.25) is 14.6 Å². The molecule has 5 unspecified atom stereocenters. The van der Waals surface area contributed by atoms with Crippen LogP contribution in [0, 0.1) is 27.9 Å². The molecule has 4 rings (SSSR count). The number of guanidine groups is 1. The van der Waals surface area contributed by atoms with Gasteiger partial charge in [-0.2, -0.15) is 8.62 Å². The maximum absolute atomic E-state index is 12.5. The Hall–Kier alpha value is -3.71. The number of amides is 1. The highest BCUT2D eigenvalue weighted by molar-refractivity contribution is 7.66. The second-order valence-corrected chi connectivity index (χ2v) is 15.8. The predicted molar refractivity (Wildman–Crippen MR) is 180 cm³/mol. The van der Waals surface area contributed by atoms with Gasteiger partial charge in [0.25, 0.3) is 5.69 Å². The molecule has 1 saturated heterocycles. The van der Waals surface area contributed by atoms with E-state index in [1.54, 1.807) is 36.9 Å². The van der Waals surface area contributed by atoms with Crippen molar-refractivity contribution in [3.63, 3.8) is 0 Å². The Bertz CT molecular complexity index is 1920. The van der Waals surface area contributed by atoms with Gasteiger partial charge in [-0.25, -0.2) is 23.5 Å². The van der Waals surface area contributed by atoms with Crippen molar-refractivity contribution in [2.45, 2.75) is 51.4 Å². The molecular weight excluding hydrogens is 757 g/mol. The number of nitrogens with zero attached hydrogens (tertiary/aromatic N) is 3. The Morgan fingerprint density at radius 3 is 2.62 bits per heavy atom. The number of rotatable bonds is 14. The number of nitro groups is 1. The first kappa shape index (κ1) is 41.1. The van der Waals surface area contributed by atoms with E-state index >= 15 is 0 Å². The lowest BCUT2D eigenvalue weighted by Crippen LogP contribution is -2.32. The number of hydrogen-bond donors (Lipinski definition) is 9. The van der Waals surface area contributed by atoms with E-state index in [1.165, 1.54) is 13.0 Å². The summed E-state index contributed by atoms with van der Waals surface area (Å²) in [6, 6.07) is 4.53. The van der Waals surface area contributed by atoms with E-state index < -0.39 is 65.7 Å². The first-order valence-corrected chi connectivity index (χ1v) is 19.6. The highest BCUT2D eigenvalue weighted by Gasteiger charge is 2.43. The van der Waals surface area contributed by atoms with Crippen molar-refractivity contribution < 1.29 is 65.6 Å². The minimum atomic E-state index is -5.70. The molecule has 23 nitrogen and oxygen atoms in total. The molecular formula is C26H37N8O15P3. The zero-order valence-electron chi connectivity index (χ0n) is 27.6. The minimum Gasteiger partial charge on any atom is -0.441 e. The number of nitrogens with two attached hydrogens (primary N) is 2. The molecule has 0 aliphatic carbocycles. The number of alkyl carbamates (subject to hydrolysis) is 1. The first-order chi connectivity index (χ1) is 24.2. The maximum atomic E-state index is 12.5. The van der Waals surface area contributed by atoms with E-state index in [2.05, 4.69) is 41.4 Å². The normalized spacial score (nSPS) is 22.7. The van der Waals surface area contributed by atoms with Crippen LogP contribution >= 0.6 is 23.5 Å². The zero-order chi connectivity index (χ0) is 38.6. The van der Waals surface area contributed by atoms with Crippen LogP contribution in [-0.2, 0) is 42.9 Å². The molecule has 52 heavy (non-hydrogen) atoms. The van der Waals surface area contributed by atoms with E-state index in [9.17, 15) is 38.4 Å². The molecule has 1 aromatic carbocycles. The van der Waals surface area contributed by atoms with Gasteiger partial charge in [-0.1, -0.05) is 24.8 Å². The molecule has 1 amide bonds. The molecule has 2 aromatic rings. The van der Waals surface area contributed by atoms with Crippen molar-refractivity contribution >= 4 is 47.0 Å². The summed E-state index contributed by atoms with van der Waals surface area (Å²) in [5, 5.41) is 19.9. The van der Waals surface area contributed by atoms with Crippen molar-refractivity contribution in [1.82, 2.24) is 15.2 Å². The van der Waals surface area contributed by atoms with Crippen LogP contribution in [-0.4, -0.2) is 67.4 Å². The molecule has 0 bridgehead atoms. The number of aliphatic imine (C=N–C) groups is 1. The number of carbonyl (C=O) groups is 1. The molecule has 0 spiro atoms. The predicted octanol–water partition coefficient (Wildman–Crippen LogP) is 1.92. The number of anilines is 1. The van der Waals surface area contributed by atoms with Gasteiger partial charge in [-0.15, -0.1) is 0 Å². The average Bonchev–Trinajstić information content (AvgIpc) is 3.56. The van der Waals surface area contributed by atoms with Crippen LogP contribution in [0.25, 0.3) is 0 Å². The monoisotopic (exact) mass is 794 g/mol. The summed E-state index contributed by atoms with van der Waals surface area (Å²) in [7, 11) is -14.9. The maximum Gasteiger partial charge on any atom is 0.490 e. The summed E-state index contributed by atoms with van der Waals surface area (Å²) in [4.78, 5) is 64.3. The third-order valence-corrected chi connectivity index (χ3v) is 11.3. The average molecular weight is 795 g/mol. The Kier molecular flexibility index (Phi) is 13.1. The van der Waals surface area contributed by atoms with E-state index in [-0.39, 0.29) is 29.7 Å². The third-order valence-electron chi connectivity index (χ3n) is 7.50. The van der Waals surface area contributed by atoms with Gasteiger partial charge < -0.3 is 61.0 Å². The number of phosphoric ester groups is 1. The molecule has 2 aliphatic rings. The number of nitro benzene ring substituents is 1. The van der Waals surface area contributed by atoms with Crippen molar-refractivity contribution in [2.75, 3.05) is 25.5 Å². The van der Waals surface area contributed by atoms with Gasteiger partial charge in [0.05, 0.1) is 35.3 Å². The second-order valence-electron chi connectivity index (χ2n) is 11.4. The summed E-state index contributed by atoms with van der Waals surface area (Å²) < 4.78 is 59.9. The van der Waals surface area contributed by atoms with Gasteiger partial charge >= 0.3 is 29.6 Å². The molecule has 0 saturated carbocycles. The summed E-state index contributed by atoms with van der Waals surface area (Å²) in [6.07, 6.45) is -2.56. The number of ether oxygens (including phenoxy) is 2. The topological polar surface area (TPSA) is 344 Å². The smallest absolute Gasteiger partial charge is 0.441 e. The van der Waals surface area contributed by atoms with Crippen LogP contribution in [0.5, 0.6) is 0 Å². The Morgan fingerprint density at radius 1 is 1.25 bits per heavy atom. The molecule has 26 heteroatoms. The van der Waals surface area contributed by atoms with Crippen LogP contribution in [0.1, 0.15) is 61.0 Å². The highest BCUT2D eigenvalue weighted by atomic mass is 31.3. The summed E-state index contributed by atoms with van der Waals surface area (Å²) in [5.74, 6) is 5.70. The van der Waals surface area contributed by atoms with Crippen LogP contribution in [0.2, 0.25) is 0 Å². The largest absolute Gasteiger partial charge is 0.490 e. The molecule has 11 N–H and O–H groups in total. The fourth-order valence-corrected chi connectivity index (χ4v) is 8.34. The number of nitrogens with one attached hydrogen (secondary N) is 3. The van der Waals surface area contributed by atoms with Crippen LogP contribution in [0.3, 0.4) is 0 Å². The lowest BCUT2D eigenvalue weighted by molar-refractivity contribution is -0.386. The molecule has 1 aromatic heterocycles. The van der Waals surface area contributed by atoms with Gasteiger partial charge in [0.1, 0.15) is 24.3 Å². The summed E-state index contributed by atoms with van der Waals surface area (Å²) in [5.41, 5.74) is 13.7. The van der Waals surface area contributed by atoms with Crippen LogP contribution < -0.4 is 27.4 Å². The van der Waals surface area contributed by atoms with Crippen molar-refractivity contribution in [3.8, 4) is 11.8 Å². The first-order valence-electron chi connectivity index (χ1n) is 15.1. The highest BCUT2D eigenvalue weighted by Crippen LogP contribution is 2.66. The van der Waals surface area contributed by atoms with Gasteiger partial charge in [0.15, 0.2) is 5.96 Å². The van der Waals surface area contributed by atoms with Crippen molar-refractivity contribution in [3.05, 3.63) is 56.8 Å². The number of benzene rings is 1. The Balaban J connectivity index is 1.43. The number of carbonyl (C=O) groups excluding carboxylic acids is 1.